The van der Waals surface area contributed by atoms with Crippen LogP contribution in [0.2, 0.25) is 0 Å². The van der Waals surface area contributed by atoms with Crippen molar-refractivity contribution in [3.8, 4) is 17.2 Å². The van der Waals surface area contributed by atoms with E-state index in [0.717, 1.165) is 24.8 Å². The van der Waals surface area contributed by atoms with Crippen molar-refractivity contribution in [3.05, 3.63) is 64.2 Å². The number of nitrogens with zero attached hydrogens (tertiary/aromatic N) is 1. The predicted octanol–water partition coefficient (Wildman–Crippen LogP) is 5.56. The lowest BCUT2D eigenvalue weighted by molar-refractivity contribution is 0.423. The molecule has 6 heteroatoms. The SMILES string of the molecule is CCCCc1ccc(C#Cc2c(F)c(F)c(SC#N)c(F)c2F)cc1. The minimum atomic E-state index is -1.62. The minimum absolute atomic E-state index is 0.0154. The zero-order chi connectivity index (χ0) is 18.4. The monoisotopic (exact) mass is 363 g/mol. The van der Waals surface area contributed by atoms with E-state index in [1.807, 2.05) is 12.1 Å². The summed E-state index contributed by atoms with van der Waals surface area (Å²) < 4.78 is 55.4. The zero-order valence-electron chi connectivity index (χ0n) is 13.3. The van der Waals surface area contributed by atoms with Gasteiger partial charge in [-0.15, -0.1) is 0 Å². The van der Waals surface area contributed by atoms with Crippen molar-refractivity contribution in [1.82, 2.24) is 0 Å². The summed E-state index contributed by atoms with van der Waals surface area (Å²) in [7, 11) is 0. The van der Waals surface area contributed by atoms with Crippen molar-refractivity contribution in [2.24, 2.45) is 0 Å². The Balaban J connectivity index is 2.36. The highest BCUT2D eigenvalue weighted by atomic mass is 32.2. The Hall–Kier alpha value is -2.44. The van der Waals surface area contributed by atoms with Crippen LogP contribution in [0.3, 0.4) is 0 Å². The highest BCUT2D eigenvalue weighted by Gasteiger charge is 2.25. The van der Waals surface area contributed by atoms with Gasteiger partial charge in [0.05, 0.1) is 4.90 Å². The van der Waals surface area contributed by atoms with Gasteiger partial charge in [0.1, 0.15) is 11.0 Å². The maximum absolute atomic E-state index is 13.9. The van der Waals surface area contributed by atoms with Gasteiger partial charge in [-0.1, -0.05) is 37.3 Å². The summed E-state index contributed by atoms with van der Waals surface area (Å²) >= 11 is 0.0154. The molecular weight excluding hydrogens is 350 g/mol. The summed E-state index contributed by atoms with van der Waals surface area (Å²) in [6.45, 7) is 2.08. The molecule has 0 aliphatic heterocycles. The van der Waals surface area contributed by atoms with Crippen LogP contribution in [-0.4, -0.2) is 0 Å². The Morgan fingerprint density at radius 2 is 1.52 bits per heavy atom. The lowest BCUT2D eigenvalue weighted by Gasteiger charge is -2.05. The molecule has 0 aliphatic rings. The van der Waals surface area contributed by atoms with E-state index < -0.39 is 33.7 Å². The molecule has 0 heterocycles. The molecule has 0 unspecified atom stereocenters. The molecule has 0 spiro atoms. The van der Waals surface area contributed by atoms with Crippen LogP contribution in [0.5, 0.6) is 0 Å². The second-order valence-corrected chi connectivity index (χ2v) is 6.00. The number of hydrogen-bond donors (Lipinski definition) is 0. The maximum atomic E-state index is 13.9. The summed E-state index contributed by atoms with van der Waals surface area (Å²) in [5.41, 5.74) is 0.586. The van der Waals surface area contributed by atoms with Gasteiger partial charge in [-0.2, -0.15) is 5.26 Å². The van der Waals surface area contributed by atoms with Crippen LogP contribution in [0, 0.1) is 45.8 Å². The number of rotatable bonds is 4. The van der Waals surface area contributed by atoms with E-state index in [1.54, 1.807) is 12.1 Å². The van der Waals surface area contributed by atoms with Crippen LogP contribution < -0.4 is 0 Å². The van der Waals surface area contributed by atoms with E-state index in [2.05, 4.69) is 18.8 Å². The van der Waals surface area contributed by atoms with Gasteiger partial charge < -0.3 is 0 Å². The largest absolute Gasteiger partial charge is 0.202 e. The summed E-state index contributed by atoms with van der Waals surface area (Å²) in [6.07, 6.45) is 3.03. The highest BCUT2D eigenvalue weighted by molar-refractivity contribution is 8.03. The molecule has 0 fully saturated rings. The summed E-state index contributed by atoms with van der Waals surface area (Å²) in [6, 6.07) is 7.06. The van der Waals surface area contributed by atoms with Gasteiger partial charge in [0, 0.05) is 5.56 Å². The average Bonchev–Trinajstić information content (AvgIpc) is 2.63. The third kappa shape index (κ3) is 4.35. The van der Waals surface area contributed by atoms with Gasteiger partial charge >= 0.3 is 0 Å². The molecule has 0 amide bonds. The molecule has 25 heavy (non-hydrogen) atoms. The summed E-state index contributed by atoms with van der Waals surface area (Å²) in [4.78, 5) is -1.01. The average molecular weight is 363 g/mol. The molecule has 2 aromatic carbocycles. The van der Waals surface area contributed by atoms with Crippen molar-refractivity contribution in [3.63, 3.8) is 0 Å². The van der Waals surface area contributed by atoms with Crippen LogP contribution >= 0.6 is 11.8 Å². The normalized spacial score (nSPS) is 10.1. The van der Waals surface area contributed by atoms with E-state index in [9.17, 15) is 17.6 Å². The summed E-state index contributed by atoms with van der Waals surface area (Å²) in [5, 5.41) is 9.84. The van der Waals surface area contributed by atoms with Crippen molar-refractivity contribution in [2.45, 2.75) is 31.1 Å². The molecule has 0 atom stereocenters. The molecule has 0 saturated heterocycles. The Labute approximate surface area is 147 Å². The molecule has 0 aliphatic carbocycles. The van der Waals surface area contributed by atoms with Gasteiger partial charge in [0.2, 0.25) is 0 Å². The van der Waals surface area contributed by atoms with Crippen LogP contribution in [0.1, 0.15) is 36.5 Å². The van der Waals surface area contributed by atoms with E-state index in [4.69, 9.17) is 5.26 Å². The number of thioether (sulfide) groups is 1. The molecule has 2 rings (SSSR count). The van der Waals surface area contributed by atoms with E-state index in [-0.39, 0.29) is 11.8 Å². The van der Waals surface area contributed by atoms with E-state index in [0.29, 0.717) is 5.56 Å². The minimum Gasteiger partial charge on any atom is -0.202 e. The molecular formula is C19H13F4NS. The number of halogens is 4. The van der Waals surface area contributed by atoms with Crippen molar-refractivity contribution < 1.29 is 17.6 Å². The van der Waals surface area contributed by atoms with Crippen LogP contribution in [0.15, 0.2) is 29.2 Å². The first-order chi connectivity index (χ1) is 12.0. The Bertz CT molecular complexity index is 845. The molecule has 2 aromatic rings. The topological polar surface area (TPSA) is 23.8 Å². The van der Waals surface area contributed by atoms with Gasteiger partial charge in [0.15, 0.2) is 23.3 Å². The number of aryl methyl sites for hydroxylation is 1. The Kier molecular flexibility index (Phi) is 6.50. The smallest absolute Gasteiger partial charge is 0.178 e. The first-order valence-electron chi connectivity index (χ1n) is 7.52. The highest BCUT2D eigenvalue weighted by Crippen LogP contribution is 2.30. The first-order valence-corrected chi connectivity index (χ1v) is 8.34. The van der Waals surface area contributed by atoms with Gasteiger partial charge in [-0.3, -0.25) is 0 Å². The van der Waals surface area contributed by atoms with Gasteiger partial charge in [0.25, 0.3) is 0 Å². The first kappa shape index (κ1) is 18.9. The Morgan fingerprint density at radius 3 is 2.04 bits per heavy atom. The lowest BCUT2D eigenvalue weighted by atomic mass is 10.1. The molecule has 1 nitrogen and oxygen atoms in total. The van der Waals surface area contributed by atoms with Crippen LogP contribution in [0.25, 0.3) is 0 Å². The lowest BCUT2D eigenvalue weighted by Crippen LogP contribution is -2.02. The molecule has 0 radical (unpaired) electrons. The molecule has 0 N–H and O–H groups in total. The number of benzene rings is 2. The number of unbranched alkanes of at least 4 members (excludes halogenated alkanes) is 1. The Morgan fingerprint density at radius 1 is 0.920 bits per heavy atom. The predicted molar refractivity (Wildman–Crippen MR) is 88.8 cm³/mol. The van der Waals surface area contributed by atoms with Crippen LogP contribution in [0.4, 0.5) is 17.6 Å². The molecule has 0 bridgehead atoms. The number of thiocyanates is 1. The van der Waals surface area contributed by atoms with Crippen LogP contribution in [-0.2, 0) is 6.42 Å². The molecule has 0 saturated carbocycles. The fourth-order valence-electron chi connectivity index (χ4n) is 2.13. The second kappa shape index (κ2) is 8.60. The van der Waals surface area contributed by atoms with Crippen molar-refractivity contribution in [2.75, 3.05) is 0 Å². The van der Waals surface area contributed by atoms with E-state index >= 15 is 0 Å². The summed E-state index contributed by atoms with van der Waals surface area (Å²) in [5.74, 6) is -1.82. The number of hydrogen-bond acceptors (Lipinski definition) is 2. The fourth-order valence-corrected chi connectivity index (χ4v) is 2.58. The third-order valence-electron chi connectivity index (χ3n) is 3.48. The van der Waals surface area contributed by atoms with Crippen molar-refractivity contribution >= 4 is 11.8 Å². The maximum Gasteiger partial charge on any atom is 0.178 e. The quantitative estimate of drug-likeness (QED) is 0.233. The number of nitriles is 1. The second-order valence-electron chi connectivity index (χ2n) is 5.20. The fraction of sp³-hybridized carbons (Fsp3) is 0.211. The molecule has 0 aromatic heterocycles. The van der Waals surface area contributed by atoms with Crippen molar-refractivity contribution in [1.29, 1.82) is 5.26 Å². The molecule has 128 valence electrons. The van der Waals surface area contributed by atoms with E-state index in [1.165, 1.54) is 5.40 Å². The standard InChI is InChI=1S/C19H13F4NS/c1-2-3-4-12-5-7-13(8-6-12)9-10-14-15(20)17(22)19(25-11-24)18(23)16(14)21/h5-8H,2-4H2,1H3. The third-order valence-corrected chi connectivity index (χ3v) is 4.13. The zero-order valence-corrected chi connectivity index (χ0v) is 14.1. The van der Waals surface area contributed by atoms with Gasteiger partial charge in [-0.05, 0) is 42.3 Å². The van der Waals surface area contributed by atoms with Gasteiger partial charge in [-0.25, -0.2) is 17.6 Å².